The van der Waals surface area contributed by atoms with Crippen molar-refractivity contribution in [3.05, 3.63) is 29.3 Å². The Hall–Kier alpha value is -1.44. The van der Waals surface area contributed by atoms with Crippen LogP contribution in [0.2, 0.25) is 0 Å². The molecule has 2 rings (SSSR count). The molecule has 0 radical (unpaired) electrons. The highest BCUT2D eigenvalue weighted by molar-refractivity contribution is 7.99. The van der Waals surface area contributed by atoms with Gasteiger partial charge in [-0.25, -0.2) is 0 Å². The van der Waals surface area contributed by atoms with E-state index in [4.69, 9.17) is 5.73 Å². The highest BCUT2D eigenvalue weighted by atomic mass is 32.2. The molecule has 0 aliphatic carbocycles. The van der Waals surface area contributed by atoms with E-state index in [-0.39, 0.29) is 5.91 Å². The summed E-state index contributed by atoms with van der Waals surface area (Å²) in [5.41, 5.74) is 8.18. The van der Waals surface area contributed by atoms with Crippen LogP contribution in [0.1, 0.15) is 30.4 Å². The first-order chi connectivity index (χ1) is 10.2. The van der Waals surface area contributed by atoms with Gasteiger partial charge in [0.15, 0.2) is 0 Å². The lowest BCUT2D eigenvalue weighted by Gasteiger charge is -2.20. The van der Waals surface area contributed by atoms with Crippen molar-refractivity contribution in [2.24, 2.45) is 11.7 Å². The van der Waals surface area contributed by atoms with Crippen molar-refractivity contribution in [2.45, 2.75) is 26.2 Å². The number of nitrogens with one attached hydrogen (secondary N) is 1. The van der Waals surface area contributed by atoms with E-state index in [9.17, 15) is 4.79 Å². The van der Waals surface area contributed by atoms with Gasteiger partial charge in [-0.2, -0.15) is 11.8 Å². The Balaban J connectivity index is 1.98. The molecule has 1 aromatic rings. The molecule has 21 heavy (non-hydrogen) atoms. The van der Waals surface area contributed by atoms with E-state index in [1.54, 1.807) is 0 Å². The summed E-state index contributed by atoms with van der Waals surface area (Å²) in [6.45, 7) is 2.34. The lowest BCUT2D eigenvalue weighted by molar-refractivity contribution is -0.117. The van der Waals surface area contributed by atoms with Gasteiger partial charge in [-0.1, -0.05) is 17.9 Å². The highest BCUT2D eigenvalue weighted by Gasteiger charge is 2.17. The van der Waals surface area contributed by atoms with E-state index in [1.165, 1.54) is 11.5 Å². The average molecular weight is 302 g/mol. The van der Waals surface area contributed by atoms with Gasteiger partial charge in [-0.05, 0) is 54.9 Å². The second-order valence-electron chi connectivity index (χ2n) is 5.34. The Bertz CT molecular complexity index is 554. The van der Waals surface area contributed by atoms with Crippen molar-refractivity contribution in [3.63, 3.8) is 0 Å². The standard InChI is InChI=1S/C17H22N2OS/c1-13-4-5-14(3-2-8-18)11-16(13)19-17(20)12-15-6-9-21-10-7-15/h4-5,11,15H,6-10,12,18H2,1H3,(H,19,20). The van der Waals surface area contributed by atoms with Crippen LogP contribution in [0.4, 0.5) is 5.69 Å². The van der Waals surface area contributed by atoms with Gasteiger partial charge in [0.25, 0.3) is 0 Å². The van der Waals surface area contributed by atoms with E-state index in [0.717, 1.165) is 29.7 Å². The summed E-state index contributed by atoms with van der Waals surface area (Å²) in [6, 6.07) is 5.85. The average Bonchev–Trinajstić information content (AvgIpc) is 2.49. The molecule has 0 unspecified atom stereocenters. The van der Waals surface area contributed by atoms with E-state index in [1.807, 2.05) is 36.9 Å². The van der Waals surface area contributed by atoms with Crippen LogP contribution in [0.3, 0.4) is 0 Å². The first kappa shape index (κ1) is 15.9. The third-order valence-corrected chi connectivity index (χ3v) is 4.71. The molecule has 1 fully saturated rings. The monoisotopic (exact) mass is 302 g/mol. The minimum absolute atomic E-state index is 0.110. The molecule has 1 aliphatic rings. The lowest BCUT2D eigenvalue weighted by atomic mass is 9.98. The Labute approximate surface area is 131 Å². The zero-order valence-electron chi connectivity index (χ0n) is 12.4. The van der Waals surface area contributed by atoms with Gasteiger partial charge in [-0.15, -0.1) is 0 Å². The number of amides is 1. The third-order valence-electron chi connectivity index (χ3n) is 3.66. The molecule has 0 spiro atoms. The highest BCUT2D eigenvalue weighted by Crippen LogP contribution is 2.26. The molecule has 1 heterocycles. The van der Waals surface area contributed by atoms with Crippen molar-refractivity contribution in [2.75, 3.05) is 23.4 Å². The van der Waals surface area contributed by atoms with Crippen molar-refractivity contribution >= 4 is 23.4 Å². The number of rotatable bonds is 3. The fraction of sp³-hybridized carbons (Fsp3) is 0.471. The summed E-state index contributed by atoms with van der Waals surface area (Å²) in [6.07, 6.45) is 2.93. The predicted molar refractivity (Wildman–Crippen MR) is 90.4 cm³/mol. The zero-order chi connectivity index (χ0) is 15.1. The molecule has 4 heteroatoms. The number of anilines is 1. The van der Waals surface area contributed by atoms with E-state index >= 15 is 0 Å². The largest absolute Gasteiger partial charge is 0.326 e. The molecule has 112 valence electrons. The first-order valence-corrected chi connectivity index (χ1v) is 8.51. The molecule has 0 atom stereocenters. The molecule has 0 bridgehead atoms. The van der Waals surface area contributed by atoms with Crippen molar-refractivity contribution < 1.29 is 4.79 Å². The molecule has 0 saturated carbocycles. The molecule has 1 aliphatic heterocycles. The van der Waals surface area contributed by atoms with Gasteiger partial charge in [0, 0.05) is 17.7 Å². The molecule has 1 aromatic carbocycles. The minimum atomic E-state index is 0.110. The van der Waals surface area contributed by atoms with Crippen LogP contribution < -0.4 is 11.1 Å². The summed E-state index contributed by atoms with van der Waals surface area (Å²) >= 11 is 1.98. The van der Waals surface area contributed by atoms with Gasteiger partial charge in [0.05, 0.1) is 6.54 Å². The van der Waals surface area contributed by atoms with Gasteiger partial charge in [-0.3, -0.25) is 4.79 Å². The Kier molecular flexibility index (Phi) is 6.16. The topological polar surface area (TPSA) is 55.1 Å². The van der Waals surface area contributed by atoms with Crippen molar-refractivity contribution in [1.29, 1.82) is 0 Å². The molecular weight excluding hydrogens is 280 g/mol. The fourth-order valence-electron chi connectivity index (χ4n) is 2.40. The number of hydrogen-bond donors (Lipinski definition) is 2. The van der Waals surface area contributed by atoms with Crippen LogP contribution in [-0.2, 0) is 4.79 Å². The Morgan fingerprint density at radius 2 is 2.19 bits per heavy atom. The van der Waals surface area contributed by atoms with Crippen molar-refractivity contribution in [1.82, 2.24) is 0 Å². The zero-order valence-corrected chi connectivity index (χ0v) is 13.3. The van der Waals surface area contributed by atoms with Gasteiger partial charge in [0.2, 0.25) is 5.91 Å². The molecule has 3 N–H and O–H groups in total. The summed E-state index contributed by atoms with van der Waals surface area (Å²) < 4.78 is 0. The summed E-state index contributed by atoms with van der Waals surface area (Å²) in [7, 11) is 0. The number of hydrogen-bond acceptors (Lipinski definition) is 3. The lowest BCUT2D eigenvalue weighted by Crippen LogP contribution is -2.20. The number of benzene rings is 1. The van der Waals surface area contributed by atoms with Crippen molar-refractivity contribution in [3.8, 4) is 11.8 Å². The third kappa shape index (κ3) is 5.11. The maximum absolute atomic E-state index is 12.2. The maximum atomic E-state index is 12.2. The maximum Gasteiger partial charge on any atom is 0.224 e. The number of aryl methyl sites for hydroxylation is 1. The summed E-state index contributed by atoms with van der Waals surface area (Å²) in [5.74, 6) is 8.84. The van der Waals surface area contributed by atoms with Crippen LogP contribution in [0.25, 0.3) is 0 Å². The SMILES string of the molecule is Cc1ccc(C#CCN)cc1NC(=O)CC1CCSCC1. The number of carbonyl (C=O) groups excluding carboxylic acids is 1. The number of nitrogens with two attached hydrogens (primary N) is 1. The van der Waals surface area contributed by atoms with Crippen LogP contribution in [0, 0.1) is 24.7 Å². The fourth-order valence-corrected chi connectivity index (χ4v) is 3.61. The molecule has 1 saturated heterocycles. The number of thioether (sulfide) groups is 1. The quantitative estimate of drug-likeness (QED) is 0.844. The van der Waals surface area contributed by atoms with Gasteiger partial charge < -0.3 is 11.1 Å². The van der Waals surface area contributed by atoms with Crippen LogP contribution >= 0.6 is 11.8 Å². The summed E-state index contributed by atoms with van der Waals surface area (Å²) in [4.78, 5) is 12.2. The molecule has 1 amide bonds. The first-order valence-electron chi connectivity index (χ1n) is 7.36. The second-order valence-corrected chi connectivity index (χ2v) is 6.57. The van der Waals surface area contributed by atoms with Crippen LogP contribution in [-0.4, -0.2) is 24.0 Å². The van der Waals surface area contributed by atoms with E-state index < -0.39 is 0 Å². The second kappa shape index (κ2) is 8.11. The Morgan fingerprint density at radius 1 is 1.43 bits per heavy atom. The van der Waals surface area contributed by atoms with E-state index in [2.05, 4.69) is 17.2 Å². The summed E-state index contributed by atoms with van der Waals surface area (Å²) in [5, 5.41) is 3.03. The van der Waals surface area contributed by atoms with Gasteiger partial charge >= 0.3 is 0 Å². The predicted octanol–water partition coefficient (Wildman–Crippen LogP) is 2.78. The minimum Gasteiger partial charge on any atom is -0.326 e. The van der Waals surface area contributed by atoms with Crippen LogP contribution in [0.15, 0.2) is 18.2 Å². The normalized spacial score (nSPS) is 15.1. The van der Waals surface area contributed by atoms with Gasteiger partial charge in [0.1, 0.15) is 0 Å². The molecule has 3 nitrogen and oxygen atoms in total. The molecular formula is C17H22N2OS. The number of carbonyl (C=O) groups is 1. The van der Waals surface area contributed by atoms with Crippen LogP contribution in [0.5, 0.6) is 0 Å². The smallest absolute Gasteiger partial charge is 0.224 e. The molecule has 0 aromatic heterocycles. The Morgan fingerprint density at radius 3 is 2.90 bits per heavy atom. The van der Waals surface area contributed by atoms with E-state index in [0.29, 0.717) is 18.9 Å².